The van der Waals surface area contributed by atoms with Crippen LogP contribution in [0.2, 0.25) is 0 Å². The molecule has 0 aliphatic heterocycles. The SMILES string of the molecule is CCCC1CCCCC1OCC. The van der Waals surface area contributed by atoms with Crippen LogP contribution in [-0.4, -0.2) is 12.7 Å². The molecule has 0 bridgehead atoms. The summed E-state index contributed by atoms with van der Waals surface area (Å²) in [7, 11) is 0. The fourth-order valence-corrected chi connectivity index (χ4v) is 2.31. The molecular weight excluding hydrogens is 148 g/mol. The van der Waals surface area contributed by atoms with E-state index in [4.69, 9.17) is 4.74 Å². The molecule has 0 radical (unpaired) electrons. The van der Waals surface area contributed by atoms with Gasteiger partial charge in [0.05, 0.1) is 6.10 Å². The standard InChI is InChI=1S/C11H22O/c1-3-7-10-8-5-6-9-11(10)12-4-2/h10-11H,3-9H2,1-2H3. The quantitative estimate of drug-likeness (QED) is 0.628. The van der Waals surface area contributed by atoms with Gasteiger partial charge in [-0.3, -0.25) is 0 Å². The Kier molecular flexibility index (Phi) is 4.67. The van der Waals surface area contributed by atoms with E-state index in [0.717, 1.165) is 12.5 Å². The Balaban J connectivity index is 2.31. The van der Waals surface area contributed by atoms with Gasteiger partial charge in [-0.05, 0) is 32.1 Å². The molecule has 1 aliphatic carbocycles. The van der Waals surface area contributed by atoms with E-state index in [9.17, 15) is 0 Å². The number of ether oxygens (including phenoxy) is 1. The molecule has 12 heavy (non-hydrogen) atoms. The fraction of sp³-hybridized carbons (Fsp3) is 1.00. The van der Waals surface area contributed by atoms with Crippen molar-refractivity contribution in [2.24, 2.45) is 5.92 Å². The van der Waals surface area contributed by atoms with Crippen LogP contribution in [0.5, 0.6) is 0 Å². The Bertz CT molecular complexity index is 93.6. The molecule has 0 aromatic carbocycles. The van der Waals surface area contributed by atoms with Gasteiger partial charge in [0.2, 0.25) is 0 Å². The van der Waals surface area contributed by atoms with Crippen LogP contribution in [0, 0.1) is 5.92 Å². The van der Waals surface area contributed by atoms with E-state index < -0.39 is 0 Å². The minimum Gasteiger partial charge on any atom is -0.378 e. The number of rotatable bonds is 4. The molecule has 0 amide bonds. The van der Waals surface area contributed by atoms with Crippen molar-refractivity contribution >= 4 is 0 Å². The largest absolute Gasteiger partial charge is 0.378 e. The molecule has 1 heteroatoms. The normalized spacial score (nSPS) is 30.5. The lowest BCUT2D eigenvalue weighted by Gasteiger charge is -2.31. The van der Waals surface area contributed by atoms with Crippen LogP contribution in [0.4, 0.5) is 0 Å². The predicted molar refractivity (Wildman–Crippen MR) is 52.3 cm³/mol. The van der Waals surface area contributed by atoms with Crippen LogP contribution in [0.15, 0.2) is 0 Å². The summed E-state index contributed by atoms with van der Waals surface area (Å²) >= 11 is 0. The average molecular weight is 170 g/mol. The highest BCUT2D eigenvalue weighted by molar-refractivity contribution is 4.75. The van der Waals surface area contributed by atoms with Crippen molar-refractivity contribution in [2.75, 3.05) is 6.61 Å². The second-order valence-electron chi connectivity index (χ2n) is 3.83. The first-order valence-electron chi connectivity index (χ1n) is 5.50. The molecule has 0 spiro atoms. The zero-order chi connectivity index (χ0) is 8.81. The summed E-state index contributed by atoms with van der Waals surface area (Å²) in [4.78, 5) is 0. The Morgan fingerprint density at radius 3 is 2.58 bits per heavy atom. The maximum Gasteiger partial charge on any atom is 0.0603 e. The lowest BCUT2D eigenvalue weighted by molar-refractivity contribution is -0.00709. The van der Waals surface area contributed by atoms with E-state index in [-0.39, 0.29) is 0 Å². The van der Waals surface area contributed by atoms with Crippen molar-refractivity contribution in [3.05, 3.63) is 0 Å². The summed E-state index contributed by atoms with van der Waals surface area (Å²) < 4.78 is 5.75. The molecule has 1 aliphatic rings. The van der Waals surface area contributed by atoms with E-state index in [1.165, 1.54) is 38.5 Å². The smallest absolute Gasteiger partial charge is 0.0603 e. The van der Waals surface area contributed by atoms with Gasteiger partial charge in [0, 0.05) is 6.61 Å². The van der Waals surface area contributed by atoms with Crippen LogP contribution in [0.3, 0.4) is 0 Å². The summed E-state index contributed by atoms with van der Waals surface area (Å²) in [6.07, 6.45) is 8.78. The van der Waals surface area contributed by atoms with Crippen molar-refractivity contribution in [2.45, 2.75) is 58.5 Å². The maximum absolute atomic E-state index is 5.75. The zero-order valence-corrected chi connectivity index (χ0v) is 8.51. The summed E-state index contributed by atoms with van der Waals surface area (Å²) in [5.41, 5.74) is 0. The molecule has 1 nitrogen and oxygen atoms in total. The predicted octanol–water partition coefficient (Wildman–Crippen LogP) is 3.38. The van der Waals surface area contributed by atoms with Gasteiger partial charge in [-0.15, -0.1) is 0 Å². The lowest BCUT2D eigenvalue weighted by Crippen LogP contribution is -2.27. The molecule has 0 aromatic heterocycles. The van der Waals surface area contributed by atoms with E-state index in [1.807, 2.05) is 0 Å². The molecule has 0 heterocycles. The molecule has 1 rings (SSSR count). The third-order valence-electron chi connectivity index (χ3n) is 2.88. The fourth-order valence-electron chi connectivity index (χ4n) is 2.31. The number of hydrogen-bond acceptors (Lipinski definition) is 1. The Hall–Kier alpha value is -0.0400. The van der Waals surface area contributed by atoms with Crippen LogP contribution in [0.25, 0.3) is 0 Å². The number of hydrogen-bond donors (Lipinski definition) is 0. The molecule has 0 N–H and O–H groups in total. The van der Waals surface area contributed by atoms with E-state index >= 15 is 0 Å². The van der Waals surface area contributed by atoms with Gasteiger partial charge in [-0.25, -0.2) is 0 Å². The highest BCUT2D eigenvalue weighted by Gasteiger charge is 2.24. The van der Waals surface area contributed by atoms with Crippen LogP contribution in [-0.2, 0) is 4.74 Å². The molecule has 0 aromatic rings. The van der Waals surface area contributed by atoms with Crippen molar-refractivity contribution < 1.29 is 4.74 Å². The van der Waals surface area contributed by atoms with E-state index in [2.05, 4.69) is 13.8 Å². The van der Waals surface area contributed by atoms with Crippen LogP contribution >= 0.6 is 0 Å². The van der Waals surface area contributed by atoms with Gasteiger partial charge in [0.1, 0.15) is 0 Å². The summed E-state index contributed by atoms with van der Waals surface area (Å²) in [6.45, 7) is 5.28. The first-order chi connectivity index (χ1) is 5.88. The molecule has 1 fully saturated rings. The van der Waals surface area contributed by atoms with Gasteiger partial charge in [0.25, 0.3) is 0 Å². The van der Waals surface area contributed by atoms with Crippen molar-refractivity contribution in [3.8, 4) is 0 Å². The third-order valence-corrected chi connectivity index (χ3v) is 2.88. The second-order valence-corrected chi connectivity index (χ2v) is 3.83. The van der Waals surface area contributed by atoms with Gasteiger partial charge in [-0.1, -0.05) is 26.2 Å². The van der Waals surface area contributed by atoms with Gasteiger partial charge in [-0.2, -0.15) is 0 Å². The second kappa shape index (κ2) is 5.58. The Morgan fingerprint density at radius 1 is 1.17 bits per heavy atom. The summed E-state index contributed by atoms with van der Waals surface area (Å²) in [6, 6.07) is 0. The Morgan fingerprint density at radius 2 is 1.92 bits per heavy atom. The van der Waals surface area contributed by atoms with Crippen molar-refractivity contribution in [1.82, 2.24) is 0 Å². The van der Waals surface area contributed by atoms with Crippen molar-refractivity contribution in [1.29, 1.82) is 0 Å². The monoisotopic (exact) mass is 170 g/mol. The highest BCUT2D eigenvalue weighted by atomic mass is 16.5. The minimum absolute atomic E-state index is 0.587. The Labute approximate surface area is 76.5 Å². The molecule has 2 unspecified atom stereocenters. The highest BCUT2D eigenvalue weighted by Crippen LogP contribution is 2.29. The molecule has 0 saturated heterocycles. The van der Waals surface area contributed by atoms with Crippen LogP contribution in [0.1, 0.15) is 52.4 Å². The average Bonchev–Trinajstić information content (AvgIpc) is 2.09. The van der Waals surface area contributed by atoms with Gasteiger partial charge < -0.3 is 4.74 Å². The molecule has 72 valence electrons. The maximum atomic E-state index is 5.75. The van der Waals surface area contributed by atoms with E-state index in [1.54, 1.807) is 0 Å². The van der Waals surface area contributed by atoms with Gasteiger partial charge >= 0.3 is 0 Å². The molecule has 1 saturated carbocycles. The summed E-state index contributed by atoms with van der Waals surface area (Å²) in [5.74, 6) is 0.865. The molecular formula is C11H22O. The summed E-state index contributed by atoms with van der Waals surface area (Å²) in [5, 5.41) is 0. The van der Waals surface area contributed by atoms with Crippen molar-refractivity contribution in [3.63, 3.8) is 0 Å². The first kappa shape index (κ1) is 10.0. The zero-order valence-electron chi connectivity index (χ0n) is 8.51. The third kappa shape index (κ3) is 2.78. The lowest BCUT2D eigenvalue weighted by atomic mass is 9.83. The first-order valence-corrected chi connectivity index (χ1v) is 5.50. The van der Waals surface area contributed by atoms with Crippen LogP contribution < -0.4 is 0 Å². The minimum atomic E-state index is 0.587. The topological polar surface area (TPSA) is 9.23 Å². The molecule has 2 atom stereocenters. The van der Waals surface area contributed by atoms with E-state index in [0.29, 0.717) is 6.10 Å². The van der Waals surface area contributed by atoms with Gasteiger partial charge in [0.15, 0.2) is 0 Å².